The second-order valence-electron chi connectivity index (χ2n) is 11.3. The Morgan fingerprint density at radius 3 is 1.43 bits per heavy atom. The minimum atomic E-state index is -0.571. The molecule has 1 heterocycles. The summed E-state index contributed by atoms with van der Waals surface area (Å²) in [6, 6.07) is 53.9. The van der Waals surface area contributed by atoms with Crippen molar-refractivity contribution in [3.63, 3.8) is 0 Å². The largest absolute Gasteiger partial charge is 0.327 e. The number of hydrogen-bond donors (Lipinski definition) is 0. The summed E-state index contributed by atoms with van der Waals surface area (Å²) in [7, 11) is -0.571. The molecule has 0 aliphatic carbocycles. The summed E-state index contributed by atoms with van der Waals surface area (Å²) in [5.41, 5.74) is 7.40. The molecule has 0 aliphatic rings. The molecule has 0 amide bonds. The van der Waals surface area contributed by atoms with Gasteiger partial charge in [-0.05, 0) is 30.0 Å². The summed E-state index contributed by atoms with van der Waals surface area (Å²) < 4.78 is 2.33. The Morgan fingerprint density at radius 1 is 0.659 bits per heavy atom. The molecule has 6 aromatic rings. The van der Waals surface area contributed by atoms with Gasteiger partial charge < -0.3 is 4.57 Å². The zero-order valence-electron chi connectivity index (χ0n) is 25.8. The van der Waals surface area contributed by atoms with Crippen LogP contribution >= 0.6 is 0 Å². The van der Waals surface area contributed by atoms with Gasteiger partial charge in [-0.3, -0.25) is 0 Å². The summed E-state index contributed by atoms with van der Waals surface area (Å²) in [5, 5.41) is -0.111. The minimum Gasteiger partial charge on any atom is -0.327 e. The third kappa shape index (κ3) is 7.45. The van der Waals surface area contributed by atoms with Crippen LogP contribution in [0.4, 0.5) is 0 Å². The summed E-state index contributed by atoms with van der Waals surface area (Å²) in [5.74, 6) is 0. The molecule has 0 aliphatic heterocycles. The Labute approximate surface area is 266 Å². The number of allylic oxidation sites excluding steroid dienone is 2. The lowest BCUT2D eigenvalue weighted by molar-refractivity contribution is 0.582. The molecule has 218 valence electrons. The maximum absolute atomic E-state index is 4.38. The number of imidazole rings is 1. The van der Waals surface area contributed by atoms with Crippen LogP contribution in [0.2, 0.25) is 5.54 Å². The van der Waals surface area contributed by atoms with Crippen LogP contribution in [0.25, 0.3) is 0 Å². The molecule has 5 aromatic carbocycles. The number of rotatable bonds is 10. The molecular formula is C40H41BN2Si. The van der Waals surface area contributed by atoms with E-state index in [1.807, 2.05) is 12.5 Å². The quantitative estimate of drug-likeness (QED) is 0.128. The molecule has 0 fully saturated rings. The van der Waals surface area contributed by atoms with Gasteiger partial charge in [-0.25, -0.2) is 4.98 Å². The summed E-state index contributed by atoms with van der Waals surface area (Å²) in [6.45, 7) is 4.80. The van der Waals surface area contributed by atoms with Gasteiger partial charge in [-0.1, -0.05) is 187 Å². The van der Waals surface area contributed by atoms with Gasteiger partial charge in [0.2, 0.25) is 6.71 Å². The Kier molecular flexibility index (Phi) is 11.0. The van der Waals surface area contributed by atoms with Gasteiger partial charge in [0, 0.05) is 12.4 Å². The minimum absolute atomic E-state index is 0.111. The zero-order chi connectivity index (χ0) is 30.5. The van der Waals surface area contributed by atoms with E-state index in [2.05, 4.69) is 193 Å². The molecule has 4 heteroatoms. The van der Waals surface area contributed by atoms with Crippen LogP contribution in [-0.4, -0.2) is 25.8 Å². The first-order valence-corrected chi connectivity index (χ1v) is 17.1. The standard InChI is InChI=1S/C22H26N2Si.C18H15B/c1-3-4-11-19(2)25-22(24-17-16-23-18-24,20-12-7-5-8-13-20)21-14-9-6-10-15-21;1-4-10-16(11-5-1)19(17-12-6-2-7-13-17)18-14-8-3-9-15-18/h3-10,12-19H,11,25H2,1-2H3;1-15H. The van der Waals surface area contributed by atoms with E-state index in [0.29, 0.717) is 12.3 Å². The van der Waals surface area contributed by atoms with E-state index in [1.165, 1.54) is 27.5 Å². The van der Waals surface area contributed by atoms with Gasteiger partial charge >= 0.3 is 0 Å². The average Bonchev–Trinajstić information content (AvgIpc) is 3.65. The fourth-order valence-electron chi connectivity index (χ4n) is 6.19. The van der Waals surface area contributed by atoms with E-state index in [9.17, 15) is 0 Å². The fourth-order valence-corrected chi connectivity index (χ4v) is 8.90. The Morgan fingerprint density at radius 2 is 1.07 bits per heavy atom. The molecule has 0 bridgehead atoms. The lowest BCUT2D eigenvalue weighted by Crippen LogP contribution is -2.51. The molecule has 44 heavy (non-hydrogen) atoms. The van der Waals surface area contributed by atoms with Gasteiger partial charge in [0.05, 0.1) is 21.0 Å². The first kappa shape index (κ1) is 30.8. The third-order valence-electron chi connectivity index (χ3n) is 8.26. The van der Waals surface area contributed by atoms with Crippen molar-refractivity contribution in [2.75, 3.05) is 0 Å². The van der Waals surface area contributed by atoms with Crippen LogP contribution in [0.5, 0.6) is 0 Å². The van der Waals surface area contributed by atoms with Gasteiger partial charge in [0.15, 0.2) is 0 Å². The highest BCUT2D eigenvalue weighted by molar-refractivity contribution is 6.95. The summed E-state index contributed by atoms with van der Waals surface area (Å²) >= 11 is 0. The summed E-state index contributed by atoms with van der Waals surface area (Å²) in [4.78, 5) is 4.38. The highest BCUT2D eigenvalue weighted by Gasteiger charge is 2.37. The van der Waals surface area contributed by atoms with E-state index >= 15 is 0 Å². The SMILES string of the molecule is CC=CCC(C)[SiH2]C(c1ccccc1)(c1ccccc1)n1ccnc1.c1ccc(B(c2ccccc2)c2ccccc2)cc1. The number of benzene rings is 5. The van der Waals surface area contributed by atoms with Gasteiger partial charge in [0.1, 0.15) is 0 Å². The van der Waals surface area contributed by atoms with Crippen molar-refractivity contribution in [3.05, 3.63) is 194 Å². The topological polar surface area (TPSA) is 17.8 Å². The molecule has 6 rings (SSSR count). The smallest absolute Gasteiger partial charge is 0.241 e. The van der Waals surface area contributed by atoms with Crippen molar-refractivity contribution in [2.24, 2.45) is 0 Å². The third-order valence-corrected chi connectivity index (χ3v) is 11.1. The maximum Gasteiger partial charge on any atom is 0.241 e. The fraction of sp³-hybridized carbons (Fsp3) is 0.125. The molecule has 2 nitrogen and oxygen atoms in total. The predicted molar refractivity (Wildman–Crippen MR) is 193 cm³/mol. The highest BCUT2D eigenvalue weighted by Crippen LogP contribution is 2.36. The molecule has 1 unspecified atom stereocenters. The van der Waals surface area contributed by atoms with Crippen molar-refractivity contribution < 1.29 is 0 Å². The van der Waals surface area contributed by atoms with E-state index < -0.39 is 9.52 Å². The normalized spacial score (nSPS) is 12.1. The molecular weight excluding hydrogens is 547 g/mol. The lowest BCUT2D eigenvalue weighted by atomic mass is 9.37. The second-order valence-corrected chi connectivity index (χ2v) is 14.2. The lowest BCUT2D eigenvalue weighted by Gasteiger charge is -2.38. The average molecular weight is 589 g/mol. The van der Waals surface area contributed by atoms with Gasteiger partial charge in [-0.2, -0.15) is 0 Å². The van der Waals surface area contributed by atoms with E-state index in [4.69, 9.17) is 0 Å². The van der Waals surface area contributed by atoms with Crippen molar-refractivity contribution in [1.29, 1.82) is 0 Å². The maximum atomic E-state index is 4.38. The molecule has 0 saturated heterocycles. The van der Waals surface area contributed by atoms with Gasteiger partial charge in [-0.15, -0.1) is 0 Å². The van der Waals surface area contributed by atoms with Crippen LogP contribution < -0.4 is 16.4 Å². The van der Waals surface area contributed by atoms with Crippen LogP contribution in [0.3, 0.4) is 0 Å². The van der Waals surface area contributed by atoms with E-state index in [0.717, 1.165) is 6.42 Å². The van der Waals surface area contributed by atoms with Crippen LogP contribution in [-0.2, 0) is 5.16 Å². The zero-order valence-corrected chi connectivity index (χ0v) is 27.2. The predicted octanol–water partition coefficient (Wildman–Crippen LogP) is 6.78. The van der Waals surface area contributed by atoms with Crippen LogP contribution in [0, 0.1) is 0 Å². The van der Waals surface area contributed by atoms with Crippen molar-refractivity contribution in [3.8, 4) is 0 Å². The summed E-state index contributed by atoms with van der Waals surface area (Å²) in [6.07, 6.45) is 11.6. The van der Waals surface area contributed by atoms with Crippen LogP contribution in [0.1, 0.15) is 31.4 Å². The number of hydrogen-bond acceptors (Lipinski definition) is 1. The van der Waals surface area contributed by atoms with E-state index in [-0.39, 0.29) is 5.16 Å². The molecule has 0 N–H and O–H groups in total. The second kappa shape index (κ2) is 15.7. The molecule has 0 saturated carbocycles. The Balaban J connectivity index is 0.000000181. The van der Waals surface area contributed by atoms with Crippen molar-refractivity contribution in [2.45, 2.75) is 31.0 Å². The Hall–Kier alpha value is -4.67. The first-order valence-electron chi connectivity index (χ1n) is 15.6. The number of aromatic nitrogens is 2. The number of nitrogens with zero attached hydrogens (tertiary/aromatic N) is 2. The Bertz CT molecular complexity index is 1520. The molecule has 0 spiro atoms. The molecule has 1 aromatic heterocycles. The monoisotopic (exact) mass is 588 g/mol. The molecule has 0 radical (unpaired) electrons. The van der Waals surface area contributed by atoms with Crippen molar-refractivity contribution >= 4 is 32.6 Å². The van der Waals surface area contributed by atoms with Crippen LogP contribution in [0.15, 0.2) is 183 Å². The first-order chi connectivity index (χ1) is 21.7. The van der Waals surface area contributed by atoms with E-state index in [1.54, 1.807) is 0 Å². The van der Waals surface area contributed by atoms with Gasteiger partial charge in [0.25, 0.3) is 0 Å². The van der Waals surface area contributed by atoms with Crippen molar-refractivity contribution in [1.82, 2.24) is 9.55 Å². The molecule has 1 atom stereocenters. The highest BCUT2D eigenvalue weighted by atomic mass is 28.2.